The molecule has 0 aliphatic heterocycles. The highest BCUT2D eigenvalue weighted by molar-refractivity contribution is 7.28. The molecular weight excluding hydrogens is 585 g/mol. The van der Waals surface area contributed by atoms with Gasteiger partial charge in [-0.05, 0) is 76.5 Å². The Morgan fingerprint density at radius 2 is 1.16 bits per heavy atom. The average Bonchev–Trinajstić information content (AvgIpc) is 3.71. The zero-order valence-corrected chi connectivity index (χ0v) is 25.9. The van der Waals surface area contributed by atoms with Crippen LogP contribution in [0.1, 0.15) is 0 Å². The van der Waals surface area contributed by atoms with Crippen LogP contribution in [0.25, 0.3) is 62.9 Å². The fourth-order valence-electron chi connectivity index (χ4n) is 6.38. The predicted molar refractivity (Wildman–Crippen MR) is 196 cm³/mol. The van der Waals surface area contributed by atoms with Gasteiger partial charge < -0.3 is 4.90 Å². The van der Waals surface area contributed by atoms with Crippen molar-refractivity contribution in [1.82, 2.24) is 4.98 Å². The Hall–Kier alpha value is -5.29. The number of benzene rings is 7. The first kappa shape index (κ1) is 26.1. The number of aromatic nitrogens is 1. The Labute approximate surface area is 269 Å². The maximum absolute atomic E-state index is 5.05. The first-order valence-corrected chi connectivity index (χ1v) is 16.7. The third-order valence-electron chi connectivity index (χ3n) is 8.45. The Balaban J connectivity index is 1.28. The molecule has 0 spiro atoms. The number of fused-ring (bicyclic) bond motifs is 6. The van der Waals surface area contributed by atoms with E-state index in [9.17, 15) is 0 Å². The van der Waals surface area contributed by atoms with Crippen LogP contribution < -0.4 is 4.90 Å². The van der Waals surface area contributed by atoms with Crippen LogP contribution in [0.5, 0.6) is 0 Å². The molecular formula is C41H26N2S2. The van der Waals surface area contributed by atoms with Crippen molar-refractivity contribution in [2.24, 2.45) is 0 Å². The molecule has 0 saturated heterocycles. The number of para-hydroxylation sites is 1. The monoisotopic (exact) mass is 610 g/mol. The van der Waals surface area contributed by atoms with E-state index in [4.69, 9.17) is 4.98 Å². The summed E-state index contributed by atoms with van der Waals surface area (Å²) in [6.07, 6.45) is 0. The first-order chi connectivity index (χ1) is 22.3. The van der Waals surface area contributed by atoms with E-state index < -0.39 is 0 Å². The van der Waals surface area contributed by atoms with Crippen LogP contribution in [0, 0.1) is 0 Å². The van der Waals surface area contributed by atoms with Crippen LogP contribution in [0.3, 0.4) is 0 Å². The van der Waals surface area contributed by atoms with Gasteiger partial charge in [-0.15, -0.1) is 22.7 Å². The molecule has 0 N–H and O–H groups in total. The number of rotatable bonds is 5. The standard InChI is InChI=1S/C41H26N2S2/c1-4-12-27(13-5-1)34-26-32(24-29-16-10-11-19-33(29)34)43(30-17-8-3-9-18-30)31-20-22-37-35(25-31)39-38(44-37)23-21-36-40(39)45-41(42-36)28-14-6-2-7-15-28/h1-26H. The van der Waals surface area contributed by atoms with Crippen molar-refractivity contribution >= 4 is 80.9 Å². The second kappa shape index (κ2) is 10.7. The van der Waals surface area contributed by atoms with Gasteiger partial charge in [0.25, 0.3) is 0 Å². The van der Waals surface area contributed by atoms with Crippen LogP contribution >= 0.6 is 22.7 Å². The SMILES string of the molecule is c1ccc(-c2nc3ccc4sc5ccc(N(c6ccccc6)c6cc(-c7ccccc7)c7ccccc7c6)cc5c4c3s2)cc1. The minimum absolute atomic E-state index is 1.05. The molecule has 2 aromatic heterocycles. The van der Waals surface area contributed by atoms with Gasteiger partial charge in [-0.1, -0.05) is 103 Å². The Morgan fingerprint density at radius 1 is 0.467 bits per heavy atom. The van der Waals surface area contributed by atoms with Gasteiger partial charge in [-0.2, -0.15) is 0 Å². The minimum Gasteiger partial charge on any atom is -0.310 e. The summed E-state index contributed by atoms with van der Waals surface area (Å²) < 4.78 is 3.83. The molecule has 9 rings (SSSR count). The van der Waals surface area contributed by atoms with Crippen LogP contribution in [-0.4, -0.2) is 4.98 Å². The van der Waals surface area contributed by atoms with Crippen molar-refractivity contribution in [3.63, 3.8) is 0 Å². The van der Waals surface area contributed by atoms with Crippen LogP contribution in [0.4, 0.5) is 17.1 Å². The van der Waals surface area contributed by atoms with Gasteiger partial charge in [0.15, 0.2) is 0 Å². The zero-order chi connectivity index (χ0) is 29.7. The van der Waals surface area contributed by atoms with E-state index in [2.05, 4.69) is 163 Å². The quantitative estimate of drug-likeness (QED) is 0.193. The first-order valence-electron chi connectivity index (χ1n) is 15.0. The van der Waals surface area contributed by atoms with Crippen LogP contribution in [-0.2, 0) is 0 Å². The molecule has 45 heavy (non-hydrogen) atoms. The van der Waals surface area contributed by atoms with Crippen LogP contribution in [0.2, 0.25) is 0 Å². The van der Waals surface area contributed by atoms with Gasteiger partial charge in [0.05, 0.1) is 10.2 Å². The van der Waals surface area contributed by atoms with Gasteiger partial charge in [-0.25, -0.2) is 4.98 Å². The predicted octanol–water partition coefficient (Wildman–Crippen LogP) is 12.6. The summed E-state index contributed by atoms with van der Waals surface area (Å²) in [5.74, 6) is 0. The average molecular weight is 611 g/mol. The van der Waals surface area contributed by atoms with Gasteiger partial charge >= 0.3 is 0 Å². The Morgan fingerprint density at radius 3 is 1.96 bits per heavy atom. The van der Waals surface area contributed by atoms with Crippen molar-refractivity contribution in [2.45, 2.75) is 0 Å². The number of thiophene rings is 1. The van der Waals surface area contributed by atoms with E-state index in [0.717, 1.165) is 33.1 Å². The summed E-state index contributed by atoms with van der Waals surface area (Å²) in [5, 5.41) is 6.10. The molecule has 0 radical (unpaired) electrons. The second-order valence-electron chi connectivity index (χ2n) is 11.2. The summed E-state index contributed by atoms with van der Waals surface area (Å²) in [4.78, 5) is 7.45. The van der Waals surface area contributed by atoms with Gasteiger partial charge in [0, 0.05) is 42.8 Å². The molecule has 7 aromatic carbocycles. The number of thiazole rings is 1. The largest absolute Gasteiger partial charge is 0.310 e. The smallest absolute Gasteiger partial charge is 0.124 e. The number of nitrogens with zero attached hydrogens (tertiary/aromatic N) is 2. The van der Waals surface area contributed by atoms with Crippen molar-refractivity contribution in [1.29, 1.82) is 0 Å². The van der Waals surface area contributed by atoms with Crippen molar-refractivity contribution in [3.05, 3.63) is 158 Å². The van der Waals surface area contributed by atoms with E-state index in [1.165, 1.54) is 46.8 Å². The van der Waals surface area contributed by atoms with Gasteiger partial charge in [0.1, 0.15) is 5.01 Å². The van der Waals surface area contributed by atoms with Crippen LogP contribution in [0.15, 0.2) is 158 Å². The minimum atomic E-state index is 1.05. The maximum Gasteiger partial charge on any atom is 0.124 e. The van der Waals surface area contributed by atoms with Gasteiger partial charge in [0.2, 0.25) is 0 Å². The molecule has 9 aromatic rings. The molecule has 0 atom stereocenters. The van der Waals surface area contributed by atoms with Gasteiger partial charge in [-0.3, -0.25) is 0 Å². The Bertz CT molecular complexity index is 2480. The maximum atomic E-state index is 5.05. The zero-order valence-electron chi connectivity index (χ0n) is 24.2. The lowest BCUT2D eigenvalue weighted by Crippen LogP contribution is -2.10. The van der Waals surface area contributed by atoms with E-state index in [1.807, 2.05) is 11.3 Å². The molecule has 0 fully saturated rings. The van der Waals surface area contributed by atoms with Crippen molar-refractivity contribution in [2.75, 3.05) is 4.90 Å². The summed E-state index contributed by atoms with van der Waals surface area (Å²) >= 11 is 3.64. The Kier molecular flexibility index (Phi) is 6.22. The fourth-order valence-corrected chi connectivity index (χ4v) is 8.67. The molecule has 2 heterocycles. The lowest BCUT2D eigenvalue weighted by Gasteiger charge is -2.27. The third-order valence-corrected chi connectivity index (χ3v) is 10.7. The van der Waals surface area contributed by atoms with Crippen molar-refractivity contribution in [3.8, 4) is 21.7 Å². The third kappa shape index (κ3) is 4.50. The summed E-state index contributed by atoms with van der Waals surface area (Å²) in [6, 6.07) is 56.6. The lowest BCUT2D eigenvalue weighted by molar-refractivity contribution is 1.30. The van der Waals surface area contributed by atoms with E-state index in [0.29, 0.717) is 0 Å². The highest BCUT2D eigenvalue weighted by atomic mass is 32.1. The topological polar surface area (TPSA) is 16.1 Å². The summed E-state index contributed by atoms with van der Waals surface area (Å²) in [7, 11) is 0. The summed E-state index contributed by atoms with van der Waals surface area (Å²) in [5.41, 5.74) is 8.04. The summed E-state index contributed by atoms with van der Waals surface area (Å²) in [6.45, 7) is 0. The molecule has 0 unspecified atom stereocenters. The molecule has 0 bridgehead atoms. The van der Waals surface area contributed by atoms with E-state index in [-0.39, 0.29) is 0 Å². The highest BCUT2D eigenvalue weighted by Crippen LogP contribution is 2.46. The molecule has 0 amide bonds. The molecule has 0 aliphatic carbocycles. The van der Waals surface area contributed by atoms with E-state index >= 15 is 0 Å². The second-order valence-corrected chi connectivity index (χ2v) is 13.3. The fraction of sp³-hybridized carbons (Fsp3) is 0. The molecule has 212 valence electrons. The number of hydrogen-bond acceptors (Lipinski definition) is 4. The normalized spacial score (nSPS) is 11.6. The molecule has 0 saturated carbocycles. The van der Waals surface area contributed by atoms with Crippen molar-refractivity contribution < 1.29 is 0 Å². The highest BCUT2D eigenvalue weighted by Gasteiger charge is 2.19. The van der Waals surface area contributed by atoms with E-state index in [1.54, 1.807) is 11.3 Å². The molecule has 2 nitrogen and oxygen atoms in total. The lowest BCUT2D eigenvalue weighted by atomic mass is 9.96. The molecule has 0 aliphatic rings. The number of hydrogen-bond donors (Lipinski definition) is 0. The number of anilines is 3. The molecule has 4 heteroatoms.